The van der Waals surface area contributed by atoms with Gasteiger partial charge in [0.05, 0.1) is 17.7 Å². The molecule has 0 spiro atoms. The minimum atomic E-state index is 0.121. The van der Waals surface area contributed by atoms with Crippen LogP contribution in [-0.4, -0.2) is 22.6 Å². The number of thiazole rings is 1. The number of hydrogen-bond donors (Lipinski definition) is 1. The van der Waals surface area contributed by atoms with E-state index in [4.69, 9.17) is 0 Å². The van der Waals surface area contributed by atoms with Crippen molar-refractivity contribution < 1.29 is 0 Å². The number of aromatic nitrogens is 2. The van der Waals surface area contributed by atoms with Gasteiger partial charge in [-0.25, -0.2) is 9.97 Å². The lowest BCUT2D eigenvalue weighted by Crippen LogP contribution is -2.35. The Morgan fingerprint density at radius 2 is 2.10 bits per heavy atom. The van der Waals surface area contributed by atoms with Crippen LogP contribution in [0.25, 0.3) is 0 Å². The first-order chi connectivity index (χ1) is 9.44. The zero-order valence-corrected chi connectivity index (χ0v) is 13.4. The summed E-state index contributed by atoms with van der Waals surface area (Å²) in [5.41, 5.74) is 4.31. The van der Waals surface area contributed by atoms with Gasteiger partial charge in [-0.2, -0.15) is 0 Å². The standard InChI is InChI=1S/C15H22N4S/c1-15(2,3)18-8-12-5-6-16-14(7-12)19(4)9-13-10-20-11-17-13/h5-7,10-11,18H,8-9H2,1-4H3. The summed E-state index contributed by atoms with van der Waals surface area (Å²) >= 11 is 1.62. The summed E-state index contributed by atoms with van der Waals surface area (Å²) < 4.78 is 0. The molecule has 2 aromatic rings. The average molecular weight is 290 g/mol. The van der Waals surface area contributed by atoms with Crippen LogP contribution in [0.2, 0.25) is 0 Å². The summed E-state index contributed by atoms with van der Waals surface area (Å²) in [6.07, 6.45) is 1.87. The zero-order chi connectivity index (χ0) is 14.6. The van der Waals surface area contributed by atoms with Crippen molar-refractivity contribution in [2.75, 3.05) is 11.9 Å². The SMILES string of the molecule is CN(Cc1cscn1)c1cc(CNC(C)(C)C)ccn1. The monoisotopic (exact) mass is 290 g/mol. The Bertz CT molecular complexity index is 531. The molecule has 2 aromatic heterocycles. The molecule has 0 aliphatic carbocycles. The van der Waals surface area contributed by atoms with E-state index in [0.29, 0.717) is 0 Å². The molecule has 0 unspecified atom stereocenters. The fourth-order valence-electron chi connectivity index (χ4n) is 1.79. The fourth-order valence-corrected chi connectivity index (χ4v) is 2.34. The highest BCUT2D eigenvalue weighted by atomic mass is 32.1. The van der Waals surface area contributed by atoms with Gasteiger partial charge in [0.2, 0.25) is 0 Å². The van der Waals surface area contributed by atoms with Crippen molar-refractivity contribution in [3.05, 3.63) is 40.5 Å². The third kappa shape index (κ3) is 4.58. The quantitative estimate of drug-likeness (QED) is 0.919. The van der Waals surface area contributed by atoms with E-state index in [-0.39, 0.29) is 5.54 Å². The molecule has 0 aliphatic rings. The third-order valence-corrected chi connectivity index (χ3v) is 3.54. The number of anilines is 1. The van der Waals surface area contributed by atoms with Crippen LogP contribution in [0.3, 0.4) is 0 Å². The van der Waals surface area contributed by atoms with Crippen molar-refractivity contribution >= 4 is 17.2 Å². The highest BCUT2D eigenvalue weighted by molar-refractivity contribution is 7.07. The number of rotatable bonds is 5. The van der Waals surface area contributed by atoms with Crippen LogP contribution < -0.4 is 10.2 Å². The van der Waals surface area contributed by atoms with Gasteiger partial charge in [0, 0.05) is 30.7 Å². The van der Waals surface area contributed by atoms with Gasteiger partial charge >= 0.3 is 0 Å². The lowest BCUT2D eigenvalue weighted by atomic mass is 10.1. The maximum absolute atomic E-state index is 4.44. The van der Waals surface area contributed by atoms with Gasteiger partial charge < -0.3 is 10.2 Å². The van der Waals surface area contributed by atoms with Gasteiger partial charge in [0.15, 0.2) is 0 Å². The van der Waals surface area contributed by atoms with E-state index in [1.165, 1.54) is 5.56 Å². The molecule has 0 atom stereocenters. The van der Waals surface area contributed by atoms with E-state index in [2.05, 4.69) is 58.5 Å². The highest BCUT2D eigenvalue weighted by Gasteiger charge is 2.10. The lowest BCUT2D eigenvalue weighted by molar-refractivity contribution is 0.424. The van der Waals surface area contributed by atoms with Gasteiger partial charge in [0.1, 0.15) is 5.82 Å². The minimum Gasteiger partial charge on any atom is -0.354 e. The molecular formula is C15H22N4S. The van der Waals surface area contributed by atoms with Crippen LogP contribution in [0.1, 0.15) is 32.0 Å². The Kier molecular flexibility index (Phi) is 4.73. The van der Waals surface area contributed by atoms with E-state index < -0.39 is 0 Å². The van der Waals surface area contributed by atoms with E-state index in [0.717, 1.165) is 24.6 Å². The number of nitrogens with one attached hydrogen (secondary N) is 1. The Morgan fingerprint density at radius 3 is 2.75 bits per heavy atom. The maximum atomic E-state index is 4.44. The first kappa shape index (κ1) is 14.9. The second-order valence-electron chi connectivity index (χ2n) is 5.96. The summed E-state index contributed by atoms with van der Waals surface area (Å²) in [4.78, 5) is 10.9. The van der Waals surface area contributed by atoms with Crippen LogP contribution in [-0.2, 0) is 13.1 Å². The van der Waals surface area contributed by atoms with Gasteiger partial charge in [-0.3, -0.25) is 0 Å². The van der Waals surface area contributed by atoms with E-state index in [9.17, 15) is 0 Å². The lowest BCUT2D eigenvalue weighted by Gasteiger charge is -2.21. The van der Waals surface area contributed by atoms with Gasteiger partial charge in [0.25, 0.3) is 0 Å². The normalized spacial score (nSPS) is 11.6. The predicted molar refractivity (Wildman–Crippen MR) is 85.1 cm³/mol. The number of nitrogens with zero attached hydrogens (tertiary/aromatic N) is 3. The third-order valence-electron chi connectivity index (χ3n) is 2.91. The topological polar surface area (TPSA) is 41.1 Å². The molecule has 108 valence electrons. The smallest absolute Gasteiger partial charge is 0.128 e. The molecule has 2 heterocycles. The van der Waals surface area contributed by atoms with Crippen molar-refractivity contribution in [1.29, 1.82) is 0 Å². The van der Waals surface area contributed by atoms with E-state index in [1.54, 1.807) is 11.3 Å². The van der Waals surface area contributed by atoms with Crippen molar-refractivity contribution in [3.8, 4) is 0 Å². The molecule has 0 saturated heterocycles. The molecule has 0 amide bonds. The first-order valence-corrected chi connectivity index (χ1v) is 7.66. The molecule has 0 radical (unpaired) electrons. The number of pyridine rings is 1. The largest absolute Gasteiger partial charge is 0.354 e. The second kappa shape index (κ2) is 6.33. The molecule has 0 fully saturated rings. The van der Waals surface area contributed by atoms with Gasteiger partial charge in [-0.05, 0) is 38.5 Å². The molecule has 4 nitrogen and oxygen atoms in total. The Hall–Kier alpha value is -1.46. The summed E-state index contributed by atoms with van der Waals surface area (Å²) in [6.45, 7) is 8.15. The second-order valence-corrected chi connectivity index (χ2v) is 6.68. The summed E-state index contributed by atoms with van der Waals surface area (Å²) in [6, 6.07) is 4.18. The molecule has 0 bridgehead atoms. The molecule has 0 saturated carbocycles. The molecule has 5 heteroatoms. The Morgan fingerprint density at radius 1 is 1.30 bits per heavy atom. The van der Waals surface area contributed by atoms with Crippen LogP contribution in [0.15, 0.2) is 29.2 Å². The average Bonchev–Trinajstić information content (AvgIpc) is 2.89. The number of hydrogen-bond acceptors (Lipinski definition) is 5. The predicted octanol–water partition coefficient (Wildman–Crippen LogP) is 3.06. The van der Waals surface area contributed by atoms with Crippen molar-refractivity contribution in [3.63, 3.8) is 0 Å². The summed E-state index contributed by atoms with van der Waals surface area (Å²) in [5.74, 6) is 0.978. The molecule has 1 N–H and O–H groups in total. The molecule has 20 heavy (non-hydrogen) atoms. The van der Waals surface area contributed by atoms with Crippen LogP contribution in [0.4, 0.5) is 5.82 Å². The van der Waals surface area contributed by atoms with Crippen LogP contribution in [0, 0.1) is 0 Å². The molecule has 0 aliphatic heterocycles. The highest BCUT2D eigenvalue weighted by Crippen LogP contribution is 2.15. The van der Waals surface area contributed by atoms with Crippen molar-refractivity contribution in [1.82, 2.24) is 15.3 Å². The minimum absolute atomic E-state index is 0.121. The maximum Gasteiger partial charge on any atom is 0.128 e. The summed E-state index contributed by atoms with van der Waals surface area (Å²) in [5, 5.41) is 5.56. The van der Waals surface area contributed by atoms with Crippen molar-refractivity contribution in [2.24, 2.45) is 0 Å². The molecular weight excluding hydrogens is 268 g/mol. The zero-order valence-electron chi connectivity index (χ0n) is 12.6. The molecule has 2 rings (SSSR count). The van der Waals surface area contributed by atoms with E-state index >= 15 is 0 Å². The fraction of sp³-hybridized carbons (Fsp3) is 0.467. The Labute approximate surface area is 124 Å². The van der Waals surface area contributed by atoms with Gasteiger partial charge in [-0.15, -0.1) is 11.3 Å². The van der Waals surface area contributed by atoms with Crippen LogP contribution >= 0.6 is 11.3 Å². The first-order valence-electron chi connectivity index (χ1n) is 6.72. The van der Waals surface area contributed by atoms with E-state index in [1.807, 2.05) is 18.8 Å². The summed E-state index contributed by atoms with van der Waals surface area (Å²) in [7, 11) is 2.04. The molecule has 0 aromatic carbocycles. The van der Waals surface area contributed by atoms with Crippen LogP contribution in [0.5, 0.6) is 0 Å². The van der Waals surface area contributed by atoms with Gasteiger partial charge in [-0.1, -0.05) is 0 Å². The van der Waals surface area contributed by atoms with Crippen molar-refractivity contribution in [2.45, 2.75) is 39.4 Å². The Balaban J connectivity index is 2.01.